The fourth-order valence-electron chi connectivity index (χ4n) is 2.77. The van der Waals surface area contributed by atoms with Gasteiger partial charge < -0.3 is 10.2 Å². The maximum absolute atomic E-state index is 3.31. The van der Waals surface area contributed by atoms with Gasteiger partial charge in [-0.15, -0.1) is 0 Å². The molecule has 0 bridgehead atoms. The molecule has 0 unspecified atom stereocenters. The Balaban J connectivity index is 1.73. The van der Waals surface area contributed by atoms with Gasteiger partial charge in [-0.3, -0.25) is 0 Å². The third-order valence-electron chi connectivity index (χ3n) is 3.83. The van der Waals surface area contributed by atoms with Crippen LogP contribution in [-0.2, 0) is 0 Å². The molecule has 2 rings (SSSR count). The van der Waals surface area contributed by atoms with Crippen LogP contribution in [0.25, 0.3) is 0 Å². The standard InChI is InChI=1S/C13H24N2/c1-11(13-7-14-8-13)9-15(2)10-12-5-3-4-6-12/h12,14H,3-10H2,1-2H3. The molecule has 1 heterocycles. The van der Waals surface area contributed by atoms with Crippen LogP contribution in [0.4, 0.5) is 0 Å². The number of hydrogen-bond acceptors (Lipinski definition) is 2. The Bertz CT molecular complexity index is 233. The summed E-state index contributed by atoms with van der Waals surface area (Å²) < 4.78 is 0. The molecule has 2 aliphatic rings. The zero-order valence-corrected chi connectivity index (χ0v) is 10.2. The predicted octanol–water partition coefficient (Wildman–Crippen LogP) is 2.03. The Morgan fingerprint density at radius 2 is 2.00 bits per heavy atom. The summed E-state index contributed by atoms with van der Waals surface area (Å²) in [6.45, 7) is 7.03. The van der Waals surface area contributed by atoms with Gasteiger partial charge in [-0.05, 0) is 38.3 Å². The lowest BCUT2D eigenvalue weighted by atomic mass is 10.0. The van der Waals surface area contributed by atoms with Crippen LogP contribution >= 0.6 is 0 Å². The summed E-state index contributed by atoms with van der Waals surface area (Å²) in [7, 11) is 2.27. The molecular weight excluding hydrogens is 184 g/mol. The minimum absolute atomic E-state index is 0.979. The lowest BCUT2D eigenvalue weighted by Crippen LogP contribution is -2.36. The fourth-order valence-corrected chi connectivity index (χ4v) is 2.77. The molecule has 0 aromatic heterocycles. The van der Waals surface area contributed by atoms with Gasteiger partial charge in [-0.2, -0.15) is 0 Å². The molecule has 1 aliphatic heterocycles. The second-order valence-corrected chi connectivity index (χ2v) is 5.33. The van der Waals surface area contributed by atoms with Crippen molar-refractivity contribution in [3.8, 4) is 0 Å². The van der Waals surface area contributed by atoms with Gasteiger partial charge in [0.25, 0.3) is 0 Å². The second-order valence-electron chi connectivity index (χ2n) is 5.33. The first-order valence-electron chi connectivity index (χ1n) is 6.32. The van der Waals surface area contributed by atoms with Crippen molar-refractivity contribution in [3.63, 3.8) is 0 Å². The monoisotopic (exact) mass is 208 g/mol. The summed E-state index contributed by atoms with van der Waals surface area (Å²) >= 11 is 0. The van der Waals surface area contributed by atoms with E-state index in [1.165, 1.54) is 38.8 Å². The van der Waals surface area contributed by atoms with Gasteiger partial charge >= 0.3 is 0 Å². The Morgan fingerprint density at radius 1 is 1.33 bits per heavy atom. The maximum Gasteiger partial charge on any atom is 0.0190 e. The molecule has 0 amide bonds. The van der Waals surface area contributed by atoms with Crippen molar-refractivity contribution in [2.75, 3.05) is 33.2 Å². The molecule has 1 N–H and O–H groups in total. The van der Waals surface area contributed by atoms with Crippen LogP contribution in [0, 0.1) is 5.92 Å². The van der Waals surface area contributed by atoms with Crippen molar-refractivity contribution in [2.24, 2.45) is 5.92 Å². The third kappa shape index (κ3) is 3.05. The van der Waals surface area contributed by atoms with Crippen LogP contribution in [0.3, 0.4) is 0 Å². The molecule has 0 atom stereocenters. The number of rotatable bonds is 4. The lowest BCUT2D eigenvalue weighted by molar-refractivity contribution is 0.296. The molecule has 0 aromatic rings. The van der Waals surface area contributed by atoms with Crippen molar-refractivity contribution in [1.82, 2.24) is 10.2 Å². The largest absolute Gasteiger partial charge is 0.309 e. The van der Waals surface area contributed by atoms with Gasteiger partial charge in [-0.25, -0.2) is 0 Å². The average Bonchev–Trinajstić information content (AvgIpc) is 2.52. The van der Waals surface area contributed by atoms with Gasteiger partial charge in [0, 0.05) is 26.2 Å². The Morgan fingerprint density at radius 3 is 2.53 bits per heavy atom. The molecule has 0 aromatic carbocycles. The highest BCUT2D eigenvalue weighted by molar-refractivity contribution is 5.22. The first-order chi connectivity index (χ1) is 7.25. The smallest absolute Gasteiger partial charge is 0.0190 e. The number of nitrogens with one attached hydrogen (secondary N) is 1. The average molecular weight is 208 g/mol. The highest BCUT2D eigenvalue weighted by Crippen LogP contribution is 2.25. The van der Waals surface area contributed by atoms with Gasteiger partial charge in [0.15, 0.2) is 0 Å². The van der Waals surface area contributed by atoms with Crippen molar-refractivity contribution in [1.29, 1.82) is 0 Å². The van der Waals surface area contributed by atoms with Crippen LogP contribution in [0.15, 0.2) is 11.1 Å². The molecule has 1 saturated carbocycles. The zero-order valence-electron chi connectivity index (χ0n) is 10.2. The summed E-state index contributed by atoms with van der Waals surface area (Å²) in [4.78, 5) is 2.51. The van der Waals surface area contributed by atoms with Crippen LogP contribution < -0.4 is 5.32 Å². The van der Waals surface area contributed by atoms with Crippen molar-refractivity contribution in [3.05, 3.63) is 11.1 Å². The number of likely N-dealkylation sites (N-methyl/N-ethyl adjacent to an activating group) is 1. The molecule has 0 spiro atoms. The maximum atomic E-state index is 3.31. The van der Waals surface area contributed by atoms with E-state index in [-0.39, 0.29) is 0 Å². The van der Waals surface area contributed by atoms with Crippen molar-refractivity contribution >= 4 is 0 Å². The van der Waals surface area contributed by atoms with Crippen LogP contribution in [-0.4, -0.2) is 38.1 Å². The molecule has 1 aliphatic carbocycles. The van der Waals surface area contributed by atoms with E-state index in [0.717, 1.165) is 19.0 Å². The summed E-state index contributed by atoms with van der Waals surface area (Å²) in [5.74, 6) is 0.979. The Kier molecular flexibility index (Phi) is 3.81. The third-order valence-corrected chi connectivity index (χ3v) is 3.83. The Labute approximate surface area is 93.7 Å². The molecule has 15 heavy (non-hydrogen) atoms. The predicted molar refractivity (Wildman–Crippen MR) is 65.0 cm³/mol. The van der Waals surface area contributed by atoms with Gasteiger partial charge in [0.2, 0.25) is 0 Å². The van der Waals surface area contributed by atoms with E-state index in [0.29, 0.717) is 0 Å². The SMILES string of the molecule is CC(CN(C)CC1CCCC1)=C1CNC1. The molecule has 2 heteroatoms. The van der Waals surface area contributed by atoms with E-state index in [2.05, 4.69) is 24.2 Å². The minimum Gasteiger partial charge on any atom is -0.309 e. The van der Waals surface area contributed by atoms with Gasteiger partial charge in [0.1, 0.15) is 0 Å². The fraction of sp³-hybridized carbons (Fsp3) is 0.846. The van der Waals surface area contributed by atoms with E-state index in [1.807, 2.05) is 0 Å². The number of hydrogen-bond donors (Lipinski definition) is 1. The summed E-state index contributed by atoms with van der Waals surface area (Å²) in [6.07, 6.45) is 5.84. The first kappa shape index (κ1) is 11.2. The molecular formula is C13H24N2. The summed E-state index contributed by atoms with van der Waals surface area (Å²) in [5.41, 5.74) is 3.22. The minimum atomic E-state index is 0.979. The summed E-state index contributed by atoms with van der Waals surface area (Å²) in [5, 5.41) is 3.31. The first-order valence-corrected chi connectivity index (χ1v) is 6.32. The van der Waals surface area contributed by atoms with Crippen LogP contribution in [0.1, 0.15) is 32.6 Å². The highest BCUT2D eigenvalue weighted by Gasteiger charge is 2.18. The van der Waals surface area contributed by atoms with Gasteiger partial charge in [0.05, 0.1) is 0 Å². The zero-order chi connectivity index (χ0) is 10.7. The van der Waals surface area contributed by atoms with Crippen LogP contribution in [0.2, 0.25) is 0 Å². The van der Waals surface area contributed by atoms with E-state index >= 15 is 0 Å². The van der Waals surface area contributed by atoms with Gasteiger partial charge in [-0.1, -0.05) is 18.4 Å². The molecule has 1 saturated heterocycles. The van der Waals surface area contributed by atoms with Crippen molar-refractivity contribution in [2.45, 2.75) is 32.6 Å². The van der Waals surface area contributed by atoms with E-state index in [1.54, 1.807) is 11.1 Å². The molecule has 0 radical (unpaired) electrons. The quantitative estimate of drug-likeness (QED) is 0.711. The van der Waals surface area contributed by atoms with E-state index < -0.39 is 0 Å². The number of nitrogens with zero attached hydrogens (tertiary/aromatic N) is 1. The highest BCUT2D eigenvalue weighted by atomic mass is 15.1. The molecule has 2 nitrogen and oxygen atoms in total. The van der Waals surface area contributed by atoms with E-state index in [4.69, 9.17) is 0 Å². The lowest BCUT2D eigenvalue weighted by Gasteiger charge is -2.26. The topological polar surface area (TPSA) is 15.3 Å². The molecule has 2 fully saturated rings. The summed E-state index contributed by atoms with van der Waals surface area (Å²) in [6, 6.07) is 0. The normalized spacial score (nSPS) is 22.2. The van der Waals surface area contributed by atoms with E-state index in [9.17, 15) is 0 Å². The Hall–Kier alpha value is -0.340. The second kappa shape index (κ2) is 5.13. The molecule has 86 valence electrons. The van der Waals surface area contributed by atoms with Crippen LogP contribution in [0.5, 0.6) is 0 Å². The van der Waals surface area contributed by atoms with Crippen molar-refractivity contribution < 1.29 is 0 Å².